The summed E-state index contributed by atoms with van der Waals surface area (Å²) in [7, 11) is -3.13. The fourth-order valence-corrected chi connectivity index (χ4v) is 4.03. The zero-order valence-corrected chi connectivity index (χ0v) is 18.0. The Morgan fingerprint density at radius 2 is 1.94 bits per heavy atom. The molecule has 0 aliphatic carbocycles. The van der Waals surface area contributed by atoms with Crippen molar-refractivity contribution in [3.8, 4) is 0 Å². The molecular formula is C21H21F2N3O5S. The third-order valence-corrected chi connectivity index (χ3v) is 6.02. The van der Waals surface area contributed by atoms with Crippen molar-refractivity contribution in [1.82, 2.24) is 9.71 Å². The van der Waals surface area contributed by atoms with Crippen molar-refractivity contribution < 1.29 is 27.2 Å². The van der Waals surface area contributed by atoms with Gasteiger partial charge < -0.3 is 10.9 Å². The average Bonchev–Trinajstić information content (AvgIpc) is 2.70. The summed E-state index contributed by atoms with van der Waals surface area (Å²) in [6, 6.07) is 4.49. The summed E-state index contributed by atoms with van der Waals surface area (Å²) >= 11 is 0. The van der Waals surface area contributed by atoms with Crippen molar-refractivity contribution in [3.63, 3.8) is 0 Å². The van der Waals surface area contributed by atoms with Crippen LogP contribution >= 0.6 is 0 Å². The highest BCUT2D eigenvalue weighted by Crippen LogP contribution is 2.24. The van der Waals surface area contributed by atoms with Gasteiger partial charge in [-0.25, -0.2) is 22.2 Å². The lowest BCUT2D eigenvalue weighted by Gasteiger charge is -2.12. The zero-order valence-electron chi connectivity index (χ0n) is 17.1. The molecule has 170 valence electrons. The molecule has 3 N–H and O–H groups in total. The number of benzene rings is 1. The van der Waals surface area contributed by atoms with Crippen LogP contribution in [0.3, 0.4) is 0 Å². The Labute approximate surface area is 182 Å². The molecule has 0 aliphatic rings. The van der Waals surface area contributed by atoms with E-state index in [-0.39, 0.29) is 45.6 Å². The number of ketones is 1. The number of nitrogen functional groups attached to an aromatic ring is 1. The third-order valence-electron chi connectivity index (χ3n) is 4.99. The van der Waals surface area contributed by atoms with E-state index in [1.54, 1.807) is 0 Å². The monoisotopic (exact) mass is 465 g/mol. The zero-order chi connectivity index (χ0) is 23.6. The number of nitrogens with zero attached hydrogens (tertiary/aromatic N) is 2. The van der Waals surface area contributed by atoms with E-state index in [9.17, 15) is 32.0 Å². The van der Waals surface area contributed by atoms with Gasteiger partial charge in [0.25, 0.3) is 5.56 Å². The summed E-state index contributed by atoms with van der Waals surface area (Å²) < 4.78 is 49.7. The number of aryl methyl sites for hydroxylation is 2. The molecule has 0 saturated heterocycles. The number of nitrogens with two attached hydrogens (primary N) is 1. The van der Waals surface area contributed by atoms with Crippen LogP contribution in [-0.4, -0.2) is 41.1 Å². The molecule has 2 heterocycles. The number of carbonyl (C=O) groups is 1. The minimum Gasteiger partial charge on any atom is -0.423 e. The van der Waals surface area contributed by atoms with Crippen LogP contribution < -0.4 is 11.3 Å². The third kappa shape index (κ3) is 5.10. The summed E-state index contributed by atoms with van der Waals surface area (Å²) in [5.74, 6) is -2.31. The molecule has 0 atom stereocenters. The van der Waals surface area contributed by atoms with Gasteiger partial charge in [-0.15, -0.1) is 4.73 Å². The van der Waals surface area contributed by atoms with Crippen molar-refractivity contribution in [2.24, 2.45) is 0 Å². The quantitative estimate of drug-likeness (QED) is 0.385. The summed E-state index contributed by atoms with van der Waals surface area (Å²) in [6.45, 7) is 0. The Morgan fingerprint density at radius 1 is 1.22 bits per heavy atom. The first-order valence-corrected chi connectivity index (χ1v) is 11.7. The number of hydrogen-bond donors (Lipinski definition) is 2. The predicted molar refractivity (Wildman–Crippen MR) is 115 cm³/mol. The number of halogens is 2. The smallest absolute Gasteiger partial charge is 0.297 e. The first kappa shape index (κ1) is 23.3. The standard InChI is InChI=1S/C21H21F2N3O5S/c1-32(30,31)8-2-3-12-9-15-19(24)18(21(28)26(29)20(15)25-11-12)17(27)7-5-13-4-6-14(22)10-16(13)23/h4,6,9-11,29H,2-3,5,7-8,24H2,1H3. The lowest BCUT2D eigenvalue weighted by Crippen LogP contribution is -2.28. The van der Waals surface area contributed by atoms with Gasteiger partial charge in [-0.05, 0) is 42.5 Å². The lowest BCUT2D eigenvalue weighted by molar-refractivity contribution is 0.0976. The molecule has 0 amide bonds. The average molecular weight is 465 g/mol. The van der Waals surface area contributed by atoms with Crippen molar-refractivity contribution >= 4 is 32.3 Å². The van der Waals surface area contributed by atoms with Gasteiger partial charge in [0.15, 0.2) is 11.4 Å². The van der Waals surface area contributed by atoms with Gasteiger partial charge in [0.2, 0.25) is 0 Å². The van der Waals surface area contributed by atoms with Crippen molar-refractivity contribution in [2.45, 2.75) is 25.7 Å². The number of pyridine rings is 2. The first-order valence-electron chi connectivity index (χ1n) is 9.65. The van der Waals surface area contributed by atoms with Crippen LogP contribution in [0.4, 0.5) is 14.5 Å². The van der Waals surface area contributed by atoms with Gasteiger partial charge in [-0.2, -0.15) is 0 Å². The second kappa shape index (κ2) is 9.03. The maximum atomic E-state index is 13.8. The molecule has 32 heavy (non-hydrogen) atoms. The Bertz CT molecular complexity index is 1370. The Kier molecular flexibility index (Phi) is 6.58. The molecule has 0 saturated carbocycles. The van der Waals surface area contributed by atoms with Gasteiger partial charge in [0.1, 0.15) is 27.0 Å². The molecule has 0 unspecified atom stereocenters. The number of sulfone groups is 1. The highest BCUT2D eigenvalue weighted by Gasteiger charge is 2.22. The van der Waals surface area contributed by atoms with Gasteiger partial charge in [-0.3, -0.25) is 9.59 Å². The summed E-state index contributed by atoms with van der Waals surface area (Å²) in [5.41, 5.74) is 4.92. The highest BCUT2D eigenvalue weighted by atomic mass is 32.2. The van der Waals surface area contributed by atoms with E-state index in [1.807, 2.05) is 0 Å². The van der Waals surface area contributed by atoms with E-state index in [0.717, 1.165) is 12.3 Å². The number of rotatable bonds is 8. The van der Waals surface area contributed by atoms with Crippen LogP contribution in [0, 0.1) is 11.6 Å². The number of aromatic nitrogens is 2. The topological polar surface area (TPSA) is 132 Å². The molecule has 0 radical (unpaired) electrons. The largest absolute Gasteiger partial charge is 0.423 e. The van der Waals surface area contributed by atoms with E-state index in [2.05, 4.69) is 4.98 Å². The first-order chi connectivity index (χ1) is 15.0. The van der Waals surface area contributed by atoms with E-state index in [4.69, 9.17) is 5.73 Å². The molecule has 0 bridgehead atoms. The molecule has 3 rings (SSSR count). The van der Waals surface area contributed by atoms with Gasteiger partial charge in [0, 0.05) is 30.3 Å². The highest BCUT2D eigenvalue weighted by molar-refractivity contribution is 7.90. The number of anilines is 1. The molecule has 0 aliphatic heterocycles. The molecular weight excluding hydrogens is 444 g/mol. The number of fused-ring (bicyclic) bond motifs is 1. The van der Waals surface area contributed by atoms with Gasteiger partial charge in [0.05, 0.1) is 11.4 Å². The lowest BCUT2D eigenvalue weighted by atomic mass is 10.0. The van der Waals surface area contributed by atoms with Crippen molar-refractivity contribution in [2.75, 3.05) is 17.7 Å². The van der Waals surface area contributed by atoms with Crippen LogP contribution in [0.1, 0.15) is 34.3 Å². The van der Waals surface area contributed by atoms with Crippen molar-refractivity contribution in [1.29, 1.82) is 0 Å². The molecule has 0 spiro atoms. The fourth-order valence-electron chi connectivity index (χ4n) is 3.36. The van der Waals surface area contributed by atoms with E-state index >= 15 is 0 Å². The second-order valence-corrected chi connectivity index (χ2v) is 9.77. The molecule has 11 heteroatoms. The summed E-state index contributed by atoms with van der Waals surface area (Å²) in [5, 5.41) is 10.4. The summed E-state index contributed by atoms with van der Waals surface area (Å²) in [4.78, 5) is 29.2. The van der Waals surface area contributed by atoms with Crippen molar-refractivity contribution in [3.05, 3.63) is 69.1 Å². The minimum atomic E-state index is -3.13. The van der Waals surface area contributed by atoms with E-state index in [0.29, 0.717) is 24.5 Å². The normalized spacial score (nSPS) is 11.7. The van der Waals surface area contributed by atoms with Crippen LogP contribution in [0.5, 0.6) is 0 Å². The predicted octanol–water partition coefficient (Wildman–Crippen LogP) is 2.29. The Balaban J connectivity index is 1.91. The van der Waals surface area contributed by atoms with Crippen LogP contribution in [0.15, 0.2) is 35.3 Å². The van der Waals surface area contributed by atoms with Gasteiger partial charge in [-0.1, -0.05) is 6.07 Å². The van der Waals surface area contributed by atoms with Gasteiger partial charge >= 0.3 is 0 Å². The Hall–Kier alpha value is -3.34. The number of hydrogen-bond acceptors (Lipinski definition) is 7. The maximum absolute atomic E-state index is 13.8. The molecule has 2 aromatic heterocycles. The maximum Gasteiger partial charge on any atom is 0.297 e. The van der Waals surface area contributed by atoms with E-state index in [1.165, 1.54) is 18.3 Å². The SMILES string of the molecule is CS(=O)(=O)CCCc1cnc2c(c1)c(N)c(C(=O)CCc1ccc(F)cc1F)c(=O)n2O. The molecule has 1 aromatic carbocycles. The Morgan fingerprint density at radius 3 is 2.59 bits per heavy atom. The molecule has 8 nitrogen and oxygen atoms in total. The van der Waals surface area contributed by atoms with Crippen LogP contribution in [-0.2, 0) is 22.7 Å². The number of carbonyl (C=O) groups excluding carboxylic acids is 1. The molecule has 3 aromatic rings. The van der Waals surface area contributed by atoms with E-state index < -0.39 is 38.4 Å². The van der Waals surface area contributed by atoms with Crippen LogP contribution in [0.25, 0.3) is 11.0 Å². The summed E-state index contributed by atoms with van der Waals surface area (Å²) in [6.07, 6.45) is 2.80. The fraction of sp³-hybridized carbons (Fsp3) is 0.286. The minimum absolute atomic E-state index is 0.0241. The van der Waals surface area contributed by atoms with Crippen LogP contribution in [0.2, 0.25) is 0 Å². The molecule has 0 fully saturated rings. The second-order valence-electron chi connectivity index (χ2n) is 7.51. The number of Topliss-reactive ketones (excluding diaryl/α,β-unsaturated/α-hetero) is 1.